The summed E-state index contributed by atoms with van der Waals surface area (Å²) in [6.07, 6.45) is 0.985. The molecule has 2 aliphatic rings. The Balaban J connectivity index is 2.11. The van der Waals surface area contributed by atoms with Crippen LogP contribution in [0, 0.1) is 0 Å². The zero-order valence-corrected chi connectivity index (χ0v) is 19.6. The molecule has 0 radical (unpaired) electrons. The van der Waals surface area contributed by atoms with Gasteiger partial charge in [-0.3, -0.25) is 9.69 Å². The van der Waals surface area contributed by atoms with Gasteiger partial charge in [0.25, 0.3) is 0 Å². The molecule has 168 valence electrons. The third-order valence-electron chi connectivity index (χ3n) is 4.81. The maximum Gasteiger partial charge on any atom is 0.338 e. The molecular formula is C23H30N2O5S. The quantitative estimate of drug-likeness (QED) is 0.548. The first-order valence-electron chi connectivity index (χ1n) is 10.7. The highest BCUT2D eigenvalue weighted by atomic mass is 32.2. The predicted octanol–water partition coefficient (Wildman–Crippen LogP) is 4.48. The number of amides is 1. The van der Waals surface area contributed by atoms with E-state index in [4.69, 9.17) is 14.2 Å². The standard InChI is InChI=1S/C23H30N2O5S/c1-6-11-29-17-9-8-16(13-18(17)28-7-2)21-20(22(27)30-14(3)4)15(5)24-23-25(21)19(26)10-12-31-23/h8-9,13-14,21H,6-7,10-12H2,1-5H3/t21-/m1/s1. The Morgan fingerprint density at radius 2 is 2.03 bits per heavy atom. The minimum absolute atomic E-state index is 0.0610. The third-order valence-corrected chi connectivity index (χ3v) is 5.77. The van der Waals surface area contributed by atoms with Crippen molar-refractivity contribution in [2.24, 2.45) is 4.99 Å². The highest BCUT2D eigenvalue weighted by Gasteiger charge is 2.42. The molecule has 0 saturated carbocycles. The van der Waals surface area contributed by atoms with Crippen LogP contribution in [-0.4, -0.2) is 47.0 Å². The van der Waals surface area contributed by atoms with E-state index in [0.29, 0.717) is 53.3 Å². The summed E-state index contributed by atoms with van der Waals surface area (Å²) in [4.78, 5) is 32.2. The number of rotatable bonds is 8. The summed E-state index contributed by atoms with van der Waals surface area (Å²) in [5, 5.41) is 0.615. The van der Waals surface area contributed by atoms with Crippen LogP contribution in [0.5, 0.6) is 11.5 Å². The summed E-state index contributed by atoms with van der Waals surface area (Å²) in [5.74, 6) is 1.38. The number of carbonyl (C=O) groups excluding carboxylic acids is 2. The fourth-order valence-corrected chi connectivity index (χ4v) is 4.55. The minimum atomic E-state index is -0.626. The van der Waals surface area contributed by atoms with E-state index >= 15 is 0 Å². The summed E-state index contributed by atoms with van der Waals surface area (Å²) < 4.78 is 17.2. The summed E-state index contributed by atoms with van der Waals surface area (Å²) in [5.41, 5.74) is 1.69. The van der Waals surface area contributed by atoms with E-state index in [0.717, 1.165) is 12.0 Å². The van der Waals surface area contributed by atoms with Gasteiger partial charge in [-0.1, -0.05) is 24.8 Å². The molecule has 1 aromatic rings. The number of aliphatic imine (C=N–C) groups is 1. The Bertz CT molecular complexity index is 909. The van der Waals surface area contributed by atoms with Gasteiger partial charge in [0, 0.05) is 12.2 Å². The third kappa shape index (κ3) is 5.06. The molecule has 0 spiro atoms. The van der Waals surface area contributed by atoms with E-state index in [9.17, 15) is 9.59 Å². The van der Waals surface area contributed by atoms with Crippen molar-refractivity contribution >= 4 is 28.8 Å². The average Bonchev–Trinajstić information content (AvgIpc) is 2.71. The van der Waals surface area contributed by atoms with E-state index in [-0.39, 0.29) is 12.0 Å². The molecule has 3 rings (SSSR count). The van der Waals surface area contributed by atoms with Crippen LogP contribution in [0.15, 0.2) is 34.5 Å². The van der Waals surface area contributed by atoms with Gasteiger partial charge >= 0.3 is 5.97 Å². The van der Waals surface area contributed by atoms with Crippen molar-refractivity contribution < 1.29 is 23.8 Å². The highest BCUT2D eigenvalue weighted by molar-refractivity contribution is 8.14. The number of fused-ring (bicyclic) bond motifs is 1. The molecule has 0 N–H and O–H groups in total. The van der Waals surface area contributed by atoms with Crippen LogP contribution in [0.3, 0.4) is 0 Å². The Labute approximate surface area is 187 Å². The van der Waals surface area contributed by atoms with Crippen molar-refractivity contribution in [2.45, 2.75) is 59.6 Å². The normalized spacial score (nSPS) is 18.6. The average molecular weight is 447 g/mol. The lowest BCUT2D eigenvalue weighted by Crippen LogP contribution is -2.46. The van der Waals surface area contributed by atoms with E-state index < -0.39 is 12.0 Å². The van der Waals surface area contributed by atoms with Gasteiger partial charge in [0.15, 0.2) is 16.7 Å². The Hall–Kier alpha value is -2.48. The number of hydrogen-bond acceptors (Lipinski definition) is 7. The van der Waals surface area contributed by atoms with E-state index in [1.54, 1.807) is 25.7 Å². The fourth-order valence-electron chi connectivity index (χ4n) is 3.54. The Morgan fingerprint density at radius 3 is 2.71 bits per heavy atom. The van der Waals surface area contributed by atoms with Gasteiger partial charge in [-0.2, -0.15) is 0 Å². The second kappa shape index (κ2) is 10.2. The van der Waals surface area contributed by atoms with E-state index in [2.05, 4.69) is 4.99 Å². The van der Waals surface area contributed by atoms with Gasteiger partial charge in [-0.05, 0) is 51.8 Å². The van der Waals surface area contributed by atoms with Crippen molar-refractivity contribution in [2.75, 3.05) is 19.0 Å². The molecule has 1 atom stereocenters. The van der Waals surface area contributed by atoms with Crippen LogP contribution >= 0.6 is 11.8 Å². The first-order valence-corrected chi connectivity index (χ1v) is 11.7. The zero-order valence-electron chi connectivity index (χ0n) is 18.8. The monoisotopic (exact) mass is 446 g/mol. The van der Waals surface area contributed by atoms with Crippen LogP contribution in [0.2, 0.25) is 0 Å². The van der Waals surface area contributed by atoms with Crippen LogP contribution in [0.25, 0.3) is 0 Å². The molecule has 0 unspecified atom stereocenters. The van der Waals surface area contributed by atoms with Gasteiger partial charge in [0.2, 0.25) is 5.91 Å². The van der Waals surface area contributed by atoms with Crippen LogP contribution in [-0.2, 0) is 14.3 Å². The number of benzene rings is 1. The molecule has 0 aromatic heterocycles. The number of nitrogens with zero attached hydrogens (tertiary/aromatic N) is 2. The zero-order chi connectivity index (χ0) is 22.5. The van der Waals surface area contributed by atoms with Gasteiger partial charge in [-0.25, -0.2) is 9.79 Å². The van der Waals surface area contributed by atoms with Crippen LogP contribution in [0.4, 0.5) is 0 Å². The van der Waals surface area contributed by atoms with Crippen LogP contribution < -0.4 is 9.47 Å². The Morgan fingerprint density at radius 1 is 1.26 bits per heavy atom. The van der Waals surface area contributed by atoms with Gasteiger partial charge in [-0.15, -0.1) is 0 Å². The number of amidine groups is 1. The first kappa shape index (κ1) is 23.2. The number of ether oxygens (including phenoxy) is 3. The van der Waals surface area contributed by atoms with Crippen molar-refractivity contribution in [3.8, 4) is 11.5 Å². The molecule has 1 aromatic carbocycles. The lowest BCUT2D eigenvalue weighted by molar-refractivity contribution is -0.143. The van der Waals surface area contributed by atoms with E-state index in [1.807, 2.05) is 32.0 Å². The molecule has 1 saturated heterocycles. The lowest BCUT2D eigenvalue weighted by Gasteiger charge is -2.39. The summed E-state index contributed by atoms with van der Waals surface area (Å²) in [6.45, 7) is 10.4. The molecule has 2 heterocycles. The Kier molecular flexibility index (Phi) is 7.64. The molecule has 0 bridgehead atoms. The number of thioether (sulfide) groups is 1. The molecule has 8 heteroatoms. The number of carbonyl (C=O) groups is 2. The van der Waals surface area contributed by atoms with Crippen molar-refractivity contribution in [3.63, 3.8) is 0 Å². The van der Waals surface area contributed by atoms with Gasteiger partial charge in [0.05, 0.1) is 36.6 Å². The van der Waals surface area contributed by atoms with Gasteiger partial charge in [0.1, 0.15) is 0 Å². The number of allylic oxidation sites excluding steroid dienone is 1. The highest BCUT2D eigenvalue weighted by Crippen LogP contribution is 2.42. The maximum absolute atomic E-state index is 13.1. The largest absolute Gasteiger partial charge is 0.490 e. The SMILES string of the molecule is CCCOc1ccc([C@@H]2C(C(=O)OC(C)C)=C(C)N=C3SCCC(=O)N32)cc1OCC. The number of hydrogen-bond donors (Lipinski definition) is 0. The molecule has 0 aliphatic carbocycles. The second-order valence-electron chi connectivity index (χ2n) is 7.60. The molecule has 1 amide bonds. The van der Waals surface area contributed by atoms with Crippen molar-refractivity contribution in [1.29, 1.82) is 0 Å². The van der Waals surface area contributed by atoms with Crippen molar-refractivity contribution in [3.05, 3.63) is 35.0 Å². The maximum atomic E-state index is 13.1. The predicted molar refractivity (Wildman–Crippen MR) is 121 cm³/mol. The molecule has 1 fully saturated rings. The molecule has 7 nitrogen and oxygen atoms in total. The van der Waals surface area contributed by atoms with E-state index in [1.165, 1.54) is 11.8 Å². The summed E-state index contributed by atoms with van der Waals surface area (Å²) >= 11 is 1.52. The molecular weight excluding hydrogens is 416 g/mol. The lowest BCUT2D eigenvalue weighted by atomic mass is 9.93. The smallest absolute Gasteiger partial charge is 0.338 e. The summed E-state index contributed by atoms with van der Waals surface area (Å²) in [7, 11) is 0. The molecule has 2 aliphatic heterocycles. The van der Waals surface area contributed by atoms with Crippen molar-refractivity contribution in [1.82, 2.24) is 4.90 Å². The second-order valence-corrected chi connectivity index (χ2v) is 8.66. The fraction of sp³-hybridized carbons (Fsp3) is 0.522. The van der Waals surface area contributed by atoms with Gasteiger partial charge < -0.3 is 14.2 Å². The molecule has 31 heavy (non-hydrogen) atoms. The first-order chi connectivity index (χ1) is 14.9. The topological polar surface area (TPSA) is 77.4 Å². The van der Waals surface area contributed by atoms with Crippen LogP contribution in [0.1, 0.15) is 59.1 Å². The number of esters is 1. The minimum Gasteiger partial charge on any atom is -0.490 e. The summed E-state index contributed by atoms with van der Waals surface area (Å²) in [6, 6.07) is 4.94.